The molecule has 0 aliphatic carbocycles. The highest BCUT2D eigenvalue weighted by Crippen LogP contribution is 2.26. The molecule has 138 valence electrons. The normalized spacial score (nSPS) is 12.7. The van der Waals surface area contributed by atoms with E-state index in [-0.39, 0.29) is 18.4 Å². The van der Waals surface area contributed by atoms with E-state index in [2.05, 4.69) is 10.6 Å². The molecule has 0 saturated heterocycles. The molecule has 0 aliphatic heterocycles. The van der Waals surface area contributed by atoms with Crippen LogP contribution in [0.1, 0.15) is 42.1 Å². The molecular formula is C20H25N3O3. The van der Waals surface area contributed by atoms with Gasteiger partial charge in [-0.3, -0.25) is 4.79 Å². The van der Waals surface area contributed by atoms with Crippen molar-refractivity contribution in [1.29, 1.82) is 0 Å². The number of carbonyl (C=O) groups excluding carboxylic acids is 2. The molecule has 0 aliphatic rings. The number of nitrogens with one attached hydrogen (secondary N) is 2. The lowest BCUT2D eigenvalue weighted by Gasteiger charge is -2.21. The van der Waals surface area contributed by atoms with E-state index >= 15 is 0 Å². The molecule has 6 heteroatoms. The third kappa shape index (κ3) is 5.24. The first-order valence-electron chi connectivity index (χ1n) is 8.45. The Morgan fingerprint density at radius 2 is 1.81 bits per heavy atom. The Bertz CT molecular complexity index is 762. The van der Waals surface area contributed by atoms with Crippen LogP contribution in [-0.2, 0) is 4.79 Å². The van der Waals surface area contributed by atoms with Crippen LogP contribution in [0.5, 0.6) is 5.75 Å². The maximum Gasteiger partial charge on any atom is 0.312 e. The molecule has 2 rings (SSSR count). The number of hydrogen-bond donors (Lipinski definition) is 3. The first-order chi connectivity index (χ1) is 12.4. The first kappa shape index (κ1) is 19.3. The number of ether oxygens (including phenoxy) is 1. The van der Waals surface area contributed by atoms with Crippen LogP contribution in [-0.4, -0.2) is 19.0 Å². The van der Waals surface area contributed by atoms with Gasteiger partial charge in [0.25, 0.3) is 0 Å². The van der Waals surface area contributed by atoms with Gasteiger partial charge in [0, 0.05) is 5.56 Å². The first-order valence-corrected chi connectivity index (χ1v) is 8.45. The Hall–Kier alpha value is -3.02. The second-order valence-electron chi connectivity index (χ2n) is 6.21. The van der Waals surface area contributed by atoms with E-state index < -0.39 is 12.1 Å². The molecule has 0 saturated carbocycles. The zero-order chi connectivity index (χ0) is 19.1. The number of primary amides is 1. The van der Waals surface area contributed by atoms with Gasteiger partial charge in [-0.15, -0.1) is 0 Å². The summed E-state index contributed by atoms with van der Waals surface area (Å²) in [5.41, 5.74) is 8.06. The van der Waals surface area contributed by atoms with Gasteiger partial charge in [-0.1, -0.05) is 48.0 Å². The van der Waals surface area contributed by atoms with Crippen molar-refractivity contribution >= 4 is 11.9 Å². The Balaban J connectivity index is 2.10. The summed E-state index contributed by atoms with van der Waals surface area (Å²) in [6.07, 6.45) is 0.0887. The van der Waals surface area contributed by atoms with E-state index in [0.717, 1.165) is 22.4 Å². The van der Waals surface area contributed by atoms with Crippen LogP contribution in [0.25, 0.3) is 0 Å². The molecule has 2 aromatic rings. The van der Waals surface area contributed by atoms with Crippen LogP contribution >= 0.6 is 0 Å². The van der Waals surface area contributed by atoms with Crippen molar-refractivity contribution in [3.63, 3.8) is 0 Å². The number of hydrogen-bond acceptors (Lipinski definition) is 3. The van der Waals surface area contributed by atoms with E-state index in [9.17, 15) is 9.59 Å². The van der Waals surface area contributed by atoms with Gasteiger partial charge in [-0.25, -0.2) is 4.79 Å². The van der Waals surface area contributed by atoms with Gasteiger partial charge in [0.1, 0.15) is 5.75 Å². The summed E-state index contributed by atoms with van der Waals surface area (Å²) in [6, 6.07) is 13.7. The van der Waals surface area contributed by atoms with Crippen LogP contribution < -0.4 is 21.1 Å². The fourth-order valence-corrected chi connectivity index (χ4v) is 2.86. The van der Waals surface area contributed by atoms with E-state index in [1.165, 1.54) is 0 Å². The number of aryl methyl sites for hydroxylation is 1. The Kier molecular flexibility index (Phi) is 6.60. The molecule has 0 radical (unpaired) electrons. The van der Waals surface area contributed by atoms with Crippen molar-refractivity contribution < 1.29 is 14.3 Å². The van der Waals surface area contributed by atoms with Crippen molar-refractivity contribution in [2.45, 2.75) is 32.4 Å². The minimum Gasteiger partial charge on any atom is -0.496 e. The lowest BCUT2D eigenvalue weighted by molar-refractivity contribution is -0.122. The number of methoxy groups -OCH3 is 1. The summed E-state index contributed by atoms with van der Waals surface area (Å²) in [5.74, 6) is 0.530. The molecule has 0 aromatic heterocycles. The Morgan fingerprint density at radius 1 is 1.12 bits per heavy atom. The van der Waals surface area contributed by atoms with E-state index in [4.69, 9.17) is 10.5 Å². The number of urea groups is 1. The summed E-state index contributed by atoms with van der Waals surface area (Å²) in [7, 11) is 1.60. The summed E-state index contributed by atoms with van der Waals surface area (Å²) in [4.78, 5) is 23.8. The van der Waals surface area contributed by atoms with Crippen molar-refractivity contribution in [3.05, 3.63) is 65.2 Å². The van der Waals surface area contributed by atoms with Gasteiger partial charge >= 0.3 is 6.03 Å². The lowest BCUT2D eigenvalue weighted by atomic mass is 10.0. The largest absolute Gasteiger partial charge is 0.496 e. The zero-order valence-electron chi connectivity index (χ0n) is 15.3. The summed E-state index contributed by atoms with van der Waals surface area (Å²) in [5, 5.41) is 5.59. The van der Waals surface area contributed by atoms with Crippen molar-refractivity contribution in [1.82, 2.24) is 10.6 Å². The molecule has 4 N–H and O–H groups in total. The maximum atomic E-state index is 12.5. The topological polar surface area (TPSA) is 93.4 Å². The molecule has 0 bridgehead atoms. The average Bonchev–Trinajstić information content (AvgIpc) is 2.61. The molecule has 26 heavy (non-hydrogen) atoms. The third-order valence-electron chi connectivity index (χ3n) is 4.14. The molecule has 2 aromatic carbocycles. The van der Waals surface area contributed by atoms with Crippen molar-refractivity contribution in [2.24, 2.45) is 5.73 Å². The second kappa shape index (κ2) is 8.89. The number of nitrogens with two attached hydrogens (primary N) is 1. The zero-order valence-corrected chi connectivity index (χ0v) is 15.3. The molecular weight excluding hydrogens is 330 g/mol. The average molecular weight is 355 g/mol. The second-order valence-corrected chi connectivity index (χ2v) is 6.21. The quantitative estimate of drug-likeness (QED) is 0.713. The number of benzene rings is 2. The number of rotatable bonds is 7. The predicted molar refractivity (Wildman–Crippen MR) is 101 cm³/mol. The van der Waals surface area contributed by atoms with Gasteiger partial charge < -0.3 is 21.1 Å². The smallest absolute Gasteiger partial charge is 0.312 e. The van der Waals surface area contributed by atoms with Crippen molar-refractivity contribution in [3.8, 4) is 5.75 Å². The third-order valence-corrected chi connectivity index (χ3v) is 4.14. The summed E-state index contributed by atoms with van der Waals surface area (Å²) in [6.45, 7) is 3.88. The highest BCUT2D eigenvalue weighted by molar-refractivity contribution is 5.79. The fourth-order valence-electron chi connectivity index (χ4n) is 2.86. The number of carbonyl (C=O) groups is 2. The minimum atomic E-state index is -0.667. The van der Waals surface area contributed by atoms with Crippen LogP contribution in [0.2, 0.25) is 0 Å². The van der Waals surface area contributed by atoms with Crippen LogP contribution in [0.3, 0.4) is 0 Å². The minimum absolute atomic E-state index is 0.0887. The monoisotopic (exact) mass is 355 g/mol. The van der Waals surface area contributed by atoms with Crippen molar-refractivity contribution in [2.75, 3.05) is 7.11 Å². The van der Waals surface area contributed by atoms with Gasteiger partial charge in [0.15, 0.2) is 0 Å². The van der Waals surface area contributed by atoms with E-state index in [0.29, 0.717) is 0 Å². The SMILES string of the molecule is COc1ccc(C)cc1C(C)NC(=O)CC(NC(N)=O)c1ccccc1. The van der Waals surface area contributed by atoms with Gasteiger partial charge in [-0.2, -0.15) is 0 Å². The molecule has 2 atom stereocenters. The molecule has 3 amide bonds. The Labute approximate surface area is 153 Å². The molecule has 0 fully saturated rings. The van der Waals surface area contributed by atoms with Gasteiger partial charge in [0.05, 0.1) is 25.6 Å². The lowest BCUT2D eigenvalue weighted by Crippen LogP contribution is -2.37. The van der Waals surface area contributed by atoms with Gasteiger partial charge in [0.2, 0.25) is 5.91 Å². The number of amides is 3. The predicted octanol–water partition coefficient (Wildman–Crippen LogP) is 2.98. The standard InChI is InChI=1S/C20H25N3O3/c1-13-9-10-18(26-3)16(11-13)14(2)22-19(24)12-17(23-20(21)25)15-7-5-4-6-8-15/h4-11,14,17H,12H2,1-3H3,(H,22,24)(H3,21,23,25). The van der Waals surface area contributed by atoms with Crippen LogP contribution in [0, 0.1) is 6.92 Å². The summed E-state index contributed by atoms with van der Waals surface area (Å²) >= 11 is 0. The molecule has 0 heterocycles. The molecule has 6 nitrogen and oxygen atoms in total. The highest BCUT2D eigenvalue weighted by Gasteiger charge is 2.20. The van der Waals surface area contributed by atoms with Crippen LogP contribution in [0.4, 0.5) is 4.79 Å². The fraction of sp³-hybridized carbons (Fsp3) is 0.300. The maximum absolute atomic E-state index is 12.5. The van der Waals surface area contributed by atoms with E-state index in [1.54, 1.807) is 7.11 Å². The molecule has 2 unspecified atom stereocenters. The van der Waals surface area contributed by atoms with Crippen LogP contribution in [0.15, 0.2) is 48.5 Å². The summed E-state index contributed by atoms with van der Waals surface area (Å²) < 4.78 is 5.38. The van der Waals surface area contributed by atoms with E-state index in [1.807, 2.05) is 62.4 Å². The van der Waals surface area contributed by atoms with Gasteiger partial charge in [-0.05, 0) is 25.5 Å². The highest BCUT2D eigenvalue weighted by atomic mass is 16.5. The molecule has 0 spiro atoms. The Morgan fingerprint density at radius 3 is 2.42 bits per heavy atom.